The molecule has 0 fully saturated rings. The van der Waals surface area contributed by atoms with Crippen molar-refractivity contribution in [2.45, 2.75) is 20.3 Å². The predicted octanol–water partition coefficient (Wildman–Crippen LogP) is 6.08. The molecule has 0 aliphatic rings. The number of benzene rings is 2. The summed E-state index contributed by atoms with van der Waals surface area (Å²) in [6.07, 6.45) is 0.677. The van der Waals surface area contributed by atoms with Gasteiger partial charge in [0.1, 0.15) is 5.69 Å². The number of nitroso groups, excluding NO2 is 1. The van der Waals surface area contributed by atoms with Gasteiger partial charge in [-0.3, -0.25) is 0 Å². The molecule has 0 spiro atoms. The van der Waals surface area contributed by atoms with E-state index in [1.807, 2.05) is 32.0 Å². The van der Waals surface area contributed by atoms with Crippen molar-refractivity contribution in [2.24, 2.45) is 5.18 Å². The molecule has 0 amide bonds. The molecular formula is C21H16N2O3S. The molecule has 4 aromatic rings. The summed E-state index contributed by atoms with van der Waals surface area (Å²) in [4.78, 5) is 28.9. The van der Waals surface area contributed by atoms with Gasteiger partial charge in [-0.2, -0.15) is 0 Å². The Morgan fingerprint density at radius 3 is 2.67 bits per heavy atom. The second-order valence-electron chi connectivity index (χ2n) is 6.32. The Kier molecular flexibility index (Phi) is 4.20. The number of aromatic carboxylic acids is 1. The zero-order chi connectivity index (χ0) is 19.1. The van der Waals surface area contributed by atoms with Crippen LogP contribution in [0, 0.1) is 11.8 Å². The number of fused-ring (bicyclic) bond motifs is 2. The van der Waals surface area contributed by atoms with Crippen molar-refractivity contribution in [1.82, 2.24) is 4.98 Å². The molecule has 2 aromatic heterocycles. The zero-order valence-electron chi connectivity index (χ0n) is 14.8. The Hall–Kier alpha value is -3.12. The van der Waals surface area contributed by atoms with E-state index in [0.717, 1.165) is 26.1 Å². The van der Waals surface area contributed by atoms with Crippen LogP contribution < -0.4 is 0 Å². The molecule has 0 saturated heterocycles. The van der Waals surface area contributed by atoms with Gasteiger partial charge >= 0.3 is 5.97 Å². The summed E-state index contributed by atoms with van der Waals surface area (Å²) < 4.78 is 1.13. The Morgan fingerprint density at radius 1 is 1.22 bits per heavy atom. The first kappa shape index (κ1) is 17.3. The van der Waals surface area contributed by atoms with E-state index >= 15 is 0 Å². The van der Waals surface area contributed by atoms with Crippen molar-refractivity contribution < 1.29 is 9.90 Å². The fourth-order valence-corrected chi connectivity index (χ4v) is 4.61. The lowest BCUT2D eigenvalue weighted by molar-refractivity contribution is 0.0699. The predicted molar refractivity (Wildman–Crippen MR) is 109 cm³/mol. The molecule has 0 saturated carbocycles. The van der Waals surface area contributed by atoms with Crippen molar-refractivity contribution in [3.8, 4) is 10.6 Å². The molecule has 2 heterocycles. The SMILES string of the molecule is CCc1ccc(N=O)c2c(C(=O)O)cc(-c3sc4ccccc4c3C)nc12. The van der Waals surface area contributed by atoms with Crippen LogP contribution >= 0.6 is 11.3 Å². The highest BCUT2D eigenvalue weighted by molar-refractivity contribution is 7.22. The Balaban J connectivity index is 2.11. The first-order chi connectivity index (χ1) is 13.0. The summed E-state index contributed by atoms with van der Waals surface area (Å²) in [6, 6.07) is 13.0. The number of hydrogen-bond donors (Lipinski definition) is 1. The first-order valence-electron chi connectivity index (χ1n) is 8.57. The largest absolute Gasteiger partial charge is 0.478 e. The second kappa shape index (κ2) is 6.55. The van der Waals surface area contributed by atoms with Crippen LogP contribution in [0.15, 0.2) is 47.6 Å². The lowest BCUT2D eigenvalue weighted by Crippen LogP contribution is -2.02. The van der Waals surface area contributed by atoms with E-state index in [2.05, 4.69) is 11.2 Å². The first-order valence-corrected chi connectivity index (χ1v) is 9.38. The van der Waals surface area contributed by atoms with Crippen LogP contribution in [0.25, 0.3) is 31.6 Å². The Bertz CT molecular complexity index is 1230. The monoisotopic (exact) mass is 376 g/mol. The fourth-order valence-electron chi connectivity index (χ4n) is 3.44. The molecule has 0 atom stereocenters. The molecule has 27 heavy (non-hydrogen) atoms. The van der Waals surface area contributed by atoms with Crippen molar-refractivity contribution in [2.75, 3.05) is 0 Å². The molecule has 0 radical (unpaired) electrons. The Labute approximate surface area is 159 Å². The van der Waals surface area contributed by atoms with Crippen molar-refractivity contribution >= 4 is 44.0 Å². The summed E-state index contributed by atoms with van der Waals surface area (Å²) in [5.74, 6) is -1.10. The van der Waals surface area contributed by atoms with Gasteiger partial charge in [0.2, 0.25) is 0 Å². The highest BCUT2D eigenvalue weighted by atomic mass is 32.1. The Morgan fingerprint density at radius 2 is 2.00 bits per heavy atom. The highest BCUT2D eigenvalue weighted by Crippen LogP contribution is 2.40. The third kappa shape index (κ3) is 2.69. The maximum Gasteiger partial charge on any atom is 0.336 e. The smallest absolute Gasteiger partial charge is 0.336 e. The molecular weight excluding hydrogens is 360 g/mol. The number of hydrogen-bond acceptors (Lipinski definition) is 5. The van der Waals surface area contributed by atoms with Gasteiger partial charge in [-0.25, -0.2) is 9.78 Å². The zero-order valence-corrected chi connectivity index (χ0v) is 15.6. The van der Waals surface area contributed by atoms with Crippen LogP contribution in [-0.4, -0.2) is 16.1 Å². The summed E-state index contributed by atoms with van der Waals surface area (Å²) in [5, 5.41) is 14.2. The van der Waals surface area contributed by atoms with Gasteiger partial charge in [0.05, 0.1) is 21.7 Å². The van der Waals surface area contributed by atoms with Crippen LogP contribution in [0.1, 0.15) is 28.4 Å². The van der Waals surface area contributed by atoms with Crippen LogP contribution in [0.2, 0.25) is 0 Å². The van der Waals surface area contributed by atoms with E-state index in [1.54, 1.807) is 29.5 Å². The second-order valence-corrected chi connectivity index (χ2v) is 7.38. The van der Waals surface area contributed by atoms with Gasteiger partial charge in [0.15, 0.2) is 0 Å². The number of carboxylic acids is 1. The summed E-state index contributed by atoms with van der Waals surface area (Å²) in [7, 11) is 0. The maximum absolute atomic E-state index is 12.0. The summed E-state index contributed by atoms with van der Waals surface area (Å²) in [5.41, 5.74) is 3.25. The van der Waals surface area contributed by atoms with Gasteiger partial charge in [-0.1, -0.05) is 31.2 Å². The minimum atomic E-state index is -1.10. The van der Waals surface area contributed by atoms with E-state index in [0.29, 0.717) is 23.0 Å². The lowest BCUT2D eigenvalue weighted by Gasteiger charge is -2.11. The standard InChI is InChI=1S/C21H16N2O3S/c1-3-12-8-9-15(23-26)18-14(21(24)25)10-16(22-19(12)18)20-11(2)13-6-4-5-7-17(13)27-20/h4-10H,3H2,1-2H3,(H,24,25). The lowest BCUT2D eigenvalue weighted by atomic mass is 10.00. The van der Waals surface area contributed by atoms with Gasteiger partial charge in [0, 0.05) is 10.1 Å². The minimum absolute atomic E-state index is 0.0526. The van der Waals surface area contributed by atoms with Gasteiger partial charge in [0.25, 0.3) is 0 Å². The topological polar surface area (TPSA) is 79.6 Å². The minimum Gasteiger partial charge on any atom is -0.478 e. The molecule has 0 aliphatic carbocycles. The van der Waals surface area contributed by atoms with Crippen LogP contribution in [0.4, 0.5) is 5.69 Å². The molecule has 2 aromatic carbocycles. The number of aromatic nitrogens is 1. The molecule has 134 valence electrons. The molecule has 4 rings (SSSR count). The normalized spacial score (nSPS) is 11.2. The van der Waals surface area contributed by atoms with Crippen LogP contribution in [-0.2, 0) is 6.42 Å². The fraction of sp³-hybridized carbons (Fsp3) is 0.143. The number of aryl methyl sites for hydroxylation is 2. The van der Waals surface area contributed by atoms with Gasteiger partial charge in [-0.15, -0.1) is 16.2 Å². The van der Waals surface area contributed by atoms with Crippen molar-refractivity contribution in [1.29, 1.82) is 0 Å². The van der Waals surface area contributed by atoms with E-state index in [-0.39, 0.29) is 11.3 Å². The molecule has 5 nitrogen and oxygen atoms in total. The third-order valence-corrected chi connectivity index (χ3v) is 6.10. The molecule has 0 aliphatic heterocycles. The molecule has 0 unspecified atom stereocenters. The highest BCUT2D eigenvalue weighted by Gasteiger charge is 2.20. The molecule has 1 N–H and O–H groups in total. The number of pyridine rings is 1. The third-order valence-electron chi connectivity index (χ3n) is 4.81. The van der Waals surface area contributed by atoms with E-state index in [1.165, 1.54) is 0 Å². The number of carbonyl (C=O) groups is 1. The van der Waals surface area contributed by atoms with Crippen molar-refractivity contribution in [3.63, 3.8) is 0 Å². The number of rotatable bonds is 4. The van der Waals surface area contributed by atoms with E-state index in [9.17, 15) is 14.8 Å². The number of carboxylic acid groups (broad SMARTS) is 1. The number of thiophene rings is 1. The quantitative estimate of drug-likeness (QED) is 0.437. The van der Waals surface area contributed by atoms with Crippen LogP contribution in [0.5, 0.6) is 0 Å². The summed E-state index contributed by atoms with van der Waals surface area (Å²) in [6.45, 7) is 3.99. The molecule has 6 heteroatoms. The maximum atomic E-state index is 12.0. The number of nitrogens with zero attached hydrogens (tertiary/aromatic N) is 2. The average molecular weight is 376 g/mol. The van der Waals surface area contributed by atoms with Gasteiger partial charge < -0.3 is 5.11 Å². The van der Waals surface area contributed by atoms with Crippen molar-refractivity contribution in [3.05, 3.63) is 64.1 Å². The van der Waals surface area contributed by atoms with E-state index in [4.69, 9.17) is 4.98 Å². The van der Waals surface area contributed by atoms with Gasteiger partial charge in [-0.05, 0) is 53.2 Å². The van der Waals surface area contributed by atoms with E-state index < -0.39 is 5.97 Å². The molecule has 0 bridgehead atoms. The summed E-state index contributed by atoms with van der Waals surface area (Å²) >= 11 is 1.59. The van der Waals surface area contributed by atoms with Crippen LogP contribution in [0.3, 0.4) is 0 Å². The average Bonchev–Trinajstić information content (AvgIpc) is 3.03.